The van der Waals surface area contributed by atoms with Crippen LogP contribution in [0.2, 0.25) is 0 Å². The summed E-state index contributed by atoms with van der Waals surface area (Å²) >= 11 is 0. The highest BCUT2D eigenvalue weighted by Gasteiger charge is 2.27. The number of hydrogen-bond acceptors (Lipinski definition) is 4. The number of amides is 1. The monoisotopic (exact) mass is 383 g/mol. The first-order valence-corrected chi connectivity index (χ1v) is 8.89. The van der Waals surface area contributed by atoms with E-state index in [2.05, 4.69) is 10.4 Å². The Bertz CT molecular complexity index is 1020. The summed E-state index contributed by atoms with van der Waals surface area (Å²) in [5, 5.41) is 7.68. The van der Waals surface area contributed by atoms with Crippen LogP contribution in [0.1, 0.15) is 26.3 Å². The SMILES string of the molecule is CC(C)(C)N(Cc1cccc(F)c1)C(=O)Cn1nnn(-c2ccccc2)c1=O. The van der Waals surface area contributed by atoms with Crippen molar-refractivity contribution >= 4 is 5.91 Å². The van der Waals surface area contributed by atoms with E-state index in [1.807, 2.05) is 26.8 Å². The molecule has 7 nitrogen and oxygen atoms in total. The van der Waals surface area contributed by atoms with Crippen molar-refractivity contribution in [1.82, 2.24) is 24.7 Å². The molecule has 8 heteroatoms. The molecule has 0 radical (unpaired) electrons. The highest BCUT2D eigenvalue weighted by Crippen LogP contribution is 2.18. The lowest BCUT2D eigenvalue weighted by Crippen LogP contribution is -2.47. The standard InChI is InChI=1S/C20H22FN5O2/c1-20(2,3)24(13-15-8-7-9-16(21)12-15)18(27)14-25-19(28)26(23-22-25)17-10-5-4-6-11-17/h4-12H,13-14H2,1-3H3. The van der Waals surface area contributed by atoms with E-state index in [-0.39, 0.29) is 24.8 Å². The molecule has 3 rings (SSSR count). The summed E-state index contributed by atoms with van der Waals surface area (Å²) in [6.07, 6.45) is 0. The Morgan fingerprint density at radius 2 is 1.79 bits per heavy atom. The number of carbonyl (C=O) groups excluding carboxylic acids is 1. The fraction of sp³-hybridized carbons (Fsp3) is 0.300. The number of aromatic nitrogens is 4. The van der Waals surface area contributed by atoms with Gasteiger partial charge in [0.05, 0.1) is 5.69 Å². The molecule has 0 saturated carbocycles. The van der Waals surface area contributed by atoms with Gasteiger partial charge >= 0.3 is 5.69 Å². The topological polar surface area (TPSA) is 73.0 Å². The van der Waals surface area contributed by atoms with E-state index in [9.17, 15) is 14.0 Å². The van der Waals surface area contributed by atoms with Gasteiger partial charge in [0.25, 0.3) is 0 Å². The minimum atomic E-state index is -0.525. The Morgan fingerprint density at radius 3 is 2.43 bits per heavy atom. The van der Waals surface area contributed by atoms with Gasteiger partial charge in [-0.25, -0.2) is 9.18 Å². The van der Waals surface area contributed by atoms with Crippen LogP contribution >= 0.6 is 0 Å². The zero-order valence-corrected chi connectivity index (χ0v) is 16.0. The van der Waals surface area contributed by atoms with Gasteiger partial charge in [0, 0.05) is 12.1 Å². The summed E-state index contributed by atoms with van der Waals surface area (Å²) in [5.41, 5.74) is 0.212. The quantitative estimate of drug-likeness (QED) is 0.678. The Balaban J connectivity index is 1.83. The lowest BCUT2D eigenvalue weighted by atomic mass is 10.0. The van der Waals surface area contributed by atoms with Crippen LogP contribution in [0.4, 0.5) is 4.39 Å². The van der Waals surface area contributed by atoms with E-state index in [4.69, 9.17) is 0 Å². The molecule has 0 unspecified atom stereocenters. The maximum absolute atomic E-state index is 13.5. The third-order valence-corrected chi connectivity index (χ3v) is 4.27. The molecule has 1 heterocycles. The van der Waals surface area contributed by atoms with Gasteiger partial charge in [-0.1, -0.05) is 30.3 Å². The molecule has 0 spiro atoms. The first-order chi connectivity index (χ1) is 13.3. The molecule has 2 aromatic carbocycles. The van der Waals surface area contributed by atoms with Crippen LogP contribution < -0.4 is 5.69 Å². The van der Waals surface area contributed by atoms with Crippen LogP contribution in [0.15, 0.2) is 59.4 Å². The number of nitrogens with zero attached hydrogens (tertiary/aromatic N) is 5. The normalized spacial score (nSPS) is 11.4. The summed E-state index contributed by atoms with van der Waals surface area (Å²) in [7, 11) is 0. The zero-order chi connectivity index (χ0) is 20.3. The van der Waals surface area contributed by atoms with Crippen LogP contribution in [0.25, 0.3) is 5.69 Å². The van der Waals surface area contributed by atoms with Crippen molar-refractivity contribution in [2.75, 3.05) is 0 Å². The molecule has 28 heavy (non-hydrogen) atoms. The van der Waals surface area contributed by atoms with Gasteiger partial charge in [-0.3, -0.25) is 4.79 Å². The van der Waals surface area contributed by atoms with Gasteiger partial charge in [0.15, 0.2) is 0 Å². The maximum atomic E-state index is 13.5. The Hall–Kier alpha value is -3.29. The second-order valence-corrected chi connectivity index (χ2v) is 7.45. The van der Waals surface area contributed by atoms with E-state index in [1.54, 1.807) is 41.3 Å². The second-order valence-electron chi connectivity index (χ2n) is 7.45. The molecule has 0 bridgehead atoms. The number of carbonyl (C=O) groups is 1. The summed E-state index contributed by atoms with van der Waals surface area (Å²) in [6, 6.07) is 15.0. The molecule has 1 aromatic heterocycles. The number of hydrogen-bond donors (Lipinski definition) is 0. The highest BCUT2D eigenvalue weighted by atomic mass is 19.1. The largest absolute Gasteiger partial charge is 0.368 e. The first kappa shape index (κ1) is 19.5. The maximum Gasteiger partial charge on any atom is 0.368 e. The average molecular weight is 383 g/mol. The number of tetrazole rings is 1. The first-order valence-electron chi connectivity index (χ1n) is 8.89. The minimum absolute atomic E-state index is 0.224. The van der Waals surface area contributed by atoms with Gasteiger partial charge in [-0.15, -0.1) is 0 Å². The summed E-state index contributed by atoms with van der Waals surface area (Å²) < 4.78 is 15.7. The molecule has 146 valence electrons. The molecule has 0 atom stereocenters. The third-order valence-electron chi connectivity index (χ3n) is 4.27. The molecule has 0 N–H and O–H groups in total. The smallest absolute Gasteiger partial charge is 0.332 e. The number of rotatable bonds is 5. The van der Waals surface area contributed by atoms with Crippen molar-refractivity contribution in [2.45, 2.75) is 39.4 Å². The molecule has 3 aromatic rings. The summed E-state index contributed by atoms with van der Waals surface area (Å²) in [4.78, 5) is 27.1. The van der Waals surface area contributed by atoms with E-state index >= 15 is 0 Å². The van der Waals surface area contributed by atoms with Crippen LogP contribution in [0.5, 0.6) is 0 Å². The fourth-order valence-corrected chi connectivity index (χ4v) is 2.84. The minimum Gasteiger partial charge on any atom is -0.332 e. The molecule has 1 amide bonds. The fourth-order valence-electron chi connectivity index (χ4n) is 2.84. The van der Waals surface area contributed by atoms with E-state index in [0.29, 0.717) is 11.3 Å². The van der Waals surface area contributed by atoms with Crippen molar-refractivity contribution in [3.63, 3.8) is 0 Å². The van der Waals surface area contributed by atoms with Gasteiger partial charge in [-0.2, -0.15) is 9.36 Å². The molecule has 0 saturated heterocycles. The van der Waals surface area contributed by atoms with Crippen molar-refractivity contribution in [3.8, 4) is 5.69 Å². The predicted molar refractivity (Wildman–Crippen MR) is 102 cm³/mol. The van der Waals surface area contributed by atoms with Crippen molar-refractivity contribution < 1.29 is 9.18 Å². The summed E-state index contributed by atoms with van der Waals surface area (Å²) in [6.45, 7) is 5.62. The molecule has 0 aliphatic rings. The van der Waals surface area contributed by atoms with Crippen LogP contribution in [0, 0.1) is 5.82 Å². The third kappa shape index (κ3) is 4.33. The van der Waals surface area contributed by atoms with Crippen molar-refractivity contribution in [1.29, 1.82) is 0 Å². The number of halogens is 1. The van der Waals surface area contributed by atoms with Gasteiger partial charge in [-0.05, 0) is 61.0 Å². The lowest BCUT2D eigenvalue weighted by molar-refractivity contribution is -0.137. The average Bonchev–Trinajstić information content (AvgIpc) is 3.00. The Labute approximate surface area is 162 Å². The van der Waals surface area contributed by atoms with E-state index in [1.165, 1.54) is 12.1 Å². The molecule has 0 aliphatic heterocycles. The van der Waals surface area contributed by atoms with Crippen molar-refractivity contribution in [3.05, 3.63) is 76.5 Å². The predicted octanol–water partition coefficient (Wildman–Crippen LogP) is 2.40. The lowest BCUT2D eigenvalue weighted by Gasteiger charge is -2.35. The van der Waals surface area contributed by atoms with Gasteiger partial charge < -0.3 is 4.90 Å². The van der Waals surface area contributed by atoms with E-state index in [0.717, 1.165) is 9.36 Å². The van der Waals surface area contributed by atoms with Crippen LogP contribution in [-0.2, 0) is 17.9 Å². The Morgan fingerprint density at radius 1 is 1.07 bits per heavy atom. The zero-order valence-electron chi connectivity index (χ0n) is 16.0. The second kappa shape index (κ2) is 7.75. The van der Waals surface area contributed by atoms with Crippen molar-refractivity contribution in [2.24, 2.45) is 0 Å². The van der Waals surface area contributed by atoms with Crippen LogP contribution in [-0.4, -0.2) is 36.1 Å². The summed E-state index contributed by atoms with van der Waals surface area (Å²) in [5.74, 6) is -0.667. The van der Waals surface area contributed by atoms with Crippen LogP contribution in [0.3, 0.4) is 0 Å². The number of benzene rings is 2. The Kier molecular flexibility index (Phi) is 5.39. The highest BCUT2D eigenvalue weighted by molar-refractivity contribution is 5.76. The number of para-hydroxylation sites is 1. The molecular weight excluding hydrogens is 361 g/mol. The van der Waals surface area contributed by atoms with Gasteiger partial charge in [0.2, 0.25) is 5.91 Å². The molecule has 0 aliphatic carbocycles. The van der Waals surface area contributed by atoms with E-state index < -0.39 is 11.2 Å². The molecule has 0 fully saturated rings. The van der Waals surface area contributed by atoms with Gasteiger partial charge in [0.1, 0.15) is 12.4 Å². The molecular formula is C20H22FN5O2.